The van der Waals surface area contributed by atoms with Crippen molar-refractivity contribution in [3.05, 3.63) is 40.5 Å². The molecule has 4 aliphatic rings. The molecule has 2 heterocycles. The molecule has 8 atom stereocenters. The third-order valence-corrected chi connectivity index (χ3v) is 11.2. The molecule has 0 aliphatic heterocycles. The van der Waals surface area contributed by atoms with E-state index >= 15 is 4.39 Å². The first kappa shape index (κ1) is 37.0. The number of rotatable bonds is 7. The van der Waals surface area contributed by atoms with Gasteiger partial charge in [0.15, 0.2) is 28.4 Å². The van der Waals surface area contributed by atoms with Gasteiger partial charge in [0, 0.05) is 42.4 Å². The number of nitrogens with zero attached hydrogens (tertiary/aromatic N) is 3. The first-order valence-corrected chi connectivity index (χ1v) is 15.4. The third-order valence-electron chi connectivity index (χ3n) is 11.2. The Morgan fingerprint density at radius 1 is 1.17 bits per heavy atom. The summed E-state index contributed by atoms with van der Waals surface area (Å²) in [5, 5.41) is 60.1. The number of carbonyl (C=O) groups is 2. The van der Waals surface area contributed by atoms with Gasteiger partial charge in [-0.25, -0.2) is 9.37 Å². The number of halogens is 2. The molecular formula is C31H43BrFN5O9. The number of allylic oxidation sites excluding steroid dienone is 4. The predicted octanol–water partition coefficient (Wildman–Crippen LogP) is -0.109. The van der Waals surface area contributed by atoms with Crippen LogP contribution in [-0.4, -0.2) is 105 Å². The lowest BCUT2D eigenvalue weighted by atomic mass is 9.44. The Morgan fingerprint density at radius 2 is 1.85 bits per heavy atom. The fourth-order valence-electron chi connectivity index (χ4n) is 8.56. The topological polar surface area (TPSA) is 245 Å². The minimum absolute atomic E-state index is 0. The van der Waals surface area contributed by atoms with Gasteiger partial charge in [-0.15, -0.1) is 17.0 Å². The maximum atomic E-state index is 16.8. The van der Waals surface area contributed by atoms with Gasteiger partial charge in [-0.1, -0.05) is 18.6 Å². The van der Waals surface area contributed by atoms with Crippen LogP contribution in [0.4, 0.5) is 10.3 Å². The van der Waals surface area contributed by atoms with Gasteiger partial charge >= 0.3 is 5.56 Å². The first-order chi connectivity index (χ1) is 21.6. The van der Waals surface area contributed by atoms with Gasteiger partial charge in [0.25, 0.3) is 0 Å². The normalized spacial score (nSPS) is 35.7. The molecule has 14 nitrogen and oxygen atoms in total. The molecule has 0 radical (unpaired) electrons. The minimum atomic E-state index is -2.23. The average Bonchev–Trinajstić information content (AvgIpc) is 3.51. The highest BCUT2D eigenvalue weighted by Gasteiger charge is 2.76. The fraction of sp³-hybridized carbons (Fsp3) is 0.645. The summed E-state index contributed by atoms with van der Waals surface area (Å²) < 4.78 is 18.5. The van der Waals surface area contributed by atoms with Crippen LogP contribution in [0.25, 0.3) is 11.2 Å². The van der Waals surface area contributed by atoms with Crippen LogP contribution in [0.2, 0.25) is 0 Å². The van der Waals surface area contributed by atoms with Crippen molar-refractivity contribution in [1.82, 2.24) is 19.5 Å². The molecule has 3 fully saturated rings. The second-order valence-corrected chi connectivity index (χ2v) is 13.4. The number of fused-ring (bicyclic) bond motifs is 6. The number of hydrogen-bond acceptors (Lipinski definition) is 12. The van der Waals surface area contributed by atoms with E-state index in [1.807, 2.05) is 0 Å². The van der Waals surface area contributed by atoms with Crippen LogP contribution in [-0.2, 0) is 16.1 Å². The molecule has 4 aliphatic carbocycles. The molecule has 16 heteroatoms. The maximum absolute atomic E-state index is 16.8. The predicted molar refractivity (Wildman–Crippen MR) is 172 cm³/mol. The zero-order chi connectivity index (χ0) is 33.8. The van der Waals surface area contributed by atoms with E-state index < -0.39 is 64.1 Å². The summed E-state index contributed by atoms with van der Waals surface area (Å²) in [5.74, 6) is -2.53. The SMILES string of the molecule is Br.C[C@]12C=CC(=O)C=C1CC[C@H]1[C@@H]3C[C@@H](O)[C@](O)(C(=O)CO)[C@@]3(C)C[C@H](O)[C@@]12F.Nc1nc(=O)c2ncn(CCC(CO)CO)c2[nH]1. The second-order valence-electron chi connectivity index (χ2n) is 13.4. The third kappa shape index (κ3) is 5.51. The largest absolute Gasteiger partial charge is 0.396 e. The number of carbonyl (C=O) groups excluding carboxylic acids is 2. The molecule has 9 N–H and O–H groups in total. The Hall–Kier alpha value is -2.86. The highest BCUT2D eigenvalue weighted by molar-refractivity contribution is 8.93. The number of Topliss-reactive ketones (excluding diaryl/α,β-unsaturated/α-hetero) is 1. The van der Waals surface area contributed by atoms with Gasteiger partial charge < -0.3 is 45.9 Å². The minimum Gasteiger partial charge on any atom is -0.396 e. The number of anilines is 1. The number of hydrogen-bond donors (Lipinski definition) is 8. The number of nitrogens with one attached hydrogen (secondary N) is 1. The number of nitrogens with two attached hydrogens (primary N) is 1. The summed E-state index contributed by atoms with van der Waals surface area (Å²) in [7, 11) is 0. The number of ketones is 2. The Bertz CT molecular complexity index is 1640. The van der Waals surface area contributed by atoms with Crippen molar-refractivity contribution in [1.29, 1.82) is 0 Å². The zero-order valence-corrected chi connectivity index (χ0v) is 27.9. The van der Waals surface area contributed by atoms with E-state index in [-0.39, 0.29) is 66.2 Å². The number of aromatic amines is 1. The number of alkyl halides is 1. The van der Waals surface area contributed by atoms with E-state index in [1.54, 1.807) is 18.4 Å². The summed E-state index contributed by atoms with van der Waals surface area (Å²) in [4.78, 5) is 46.0. The number of H-pyrrole nitrogens is 1. The molecule has 0 aromatic carbocycles. The van der Waals surface area contributed by atoms with Gasteiger partial charge in [0.2, 0.25) is 5.95 Å². The van der Waals surface area contributed by atoms with Crippen LogP contribution in [0.1, 0.15) is 46.0 Å². The van der Waals surface area contributed by atoms with E-state index in [0.29, 0.717) is 37.0 Å². The number of aliphatic hydroxyl groups excluding tert-OH is 5. The van der Waals surface area contributed by atoms with Crippen LogP contribution in [0.3, 0.4) is 0 Å². The lowest BCUT2D eigenvalue weighted by Gasteiger charge is -2.62. The highest BCUT2D eigenvalue weighted by Crippen LogP contribution is 2.69. The molecular weight excluding hydrogens is 685 g/mol. The Labute approximate surface area is 280 Å². The fourth-order valence-corrected chi connectivity index (χ4v) is 8.56. The smallest absolute Gasteiger partial charge is 0.302 e. The van der Waals surface area contributed by atoms with Crippen LogP contribution >= 0.6 is 17.0 Å². The molecule has 2 aromatic rings. The van der Waals surface area contributed by atoms with E-state index in [9.17, 15) is 34.8 Å². The summed E-state index contributed by atoms with van der Waals surface area (Å²) >= 11 is 0. The van der Waals surface area contributed by atoms with Gasteiger partial charge in [-0.05, 0) is 57.1 Å². The molecule has 0 saturated heterocycles. The van der Waals surface area contributed by atoms with Gasteiger partial charge in [-0.2, -0.15) is 4.98 Å². The highest BCUT2D eigenvalue weighted by atomic mass is 79.9. The summed E-state index contributed by atoms with van der Waals surface area (Å²) in [6, 6.07) is 0. The van der Waals surface area contributed by atoms with Crippen molar-refractivity contribution in [2.45, 2.75) is 76.0 Å². The standard InChI is InChI=1S/C21H27FO6.C10H15N5O3.BrH/c1-18-6-5-12(24)7-11(18)3-4-13-14-8-15(25)21(28,17(27)10-23)19(14,2)9-16(26)20(13,18)22;11-10-13-8-7(9(18)14-10)12-5-15(8)2-1-6(3-16)4-17;/h5-7,13-16,23,25-26,28H,3-4,8-10H2,1-2H3;5-6,16-17H,1-4H2,(H3,11,13,14,18);1H/t13-,14-,15+,16-,18-,19-,20-,21-;;/m0../s1. The number of aliphatic hydroxyl groups is 6. The van der Waals surface area contributed by atoms with Crippen molar-refractivity contribution in [3.63, 3.8) is 0 Å². The summed E-state index contributed by atoms with van der Waals surface area (Å²) in [5.41, 5.74) is -0.385. The average molecular weight is 729 g/mol. The molecule has 6 rings (SSSR count). The quantitative estimate of drug-likeness (QED) is 0.186. The Balaban J connectivity index is 0.000000229. The van der Waals surface area contributed by atoms with Crippen LogP contribution in [0.15, 0.2) is 34.9 Å². The molecule has 0 amide bonds. The van der Waals surface area contributed by atoms with E-state index in [0.717, 1.165) is 0 Å². The van der Waals surface area contributed by atoms with E-state index in [2.05, 4.69) is 15.0 Å². The number of aryl methyl sites for hydroxylation is 1. The molecule has 0 unspecified atom stereocenters. The van der Waals surface area contributed by atoms with E-state index in [1.165, 1.54) is 24.6 Å². The van der Waals surface area contributed by atoms with Crippen molar-refractivity contribution in [3.8, 4) is 0 Å². The van der Waals surface area contributed by atoms with Crippen LogP contribution in [0.5, 0.6) is 0 Å². The lowest BCUT2D eigenvalue weighted by Crippen LogP contribution is -2.69. The molecule has 0 spiro atoms. The molecule has 0 bridgehead atoms. The van der Waals surface area contributed by atoms with E-state index in [4.69, 9.17) is 15.9 Å². The number of imidazole rings is 1. The van der Waals surface area contributed by atoms with Crippen molar-refractivity contribution in [2.75, 3.05) is 25.6 Å². The Morgan fingerprint density at radius 3 is 2.49 bits per heavy atom. The lowest BCUT2D eigenvalue weighted by molar-refractivity contribution is -0.222. The van der Waals surface area contributed by atoms with Gasteiger partial charge in [0.05, 0.1) is 18.5 Å². The summed E-state index contributed by atoms with van der Waals surface area (Å²) in [6.07, 6.45) is 4.01. The molecule has 47 heavy (non-hydrogen) atoms. The molecule has 260 valence electrons. The van der Waals surface area contributed by atoms with Crippen LogP contribution < -0.4 is 11.3 Å². The first-order valence-electron chi connectivity index (χ1n) is 15.4. The Kier molecular flexibility index (Phi) is 10.4. The number of aromatic nitrogens is 4. The molecule has 2 aromatic heterocycles. The second kappa shape index (κ2) is 13.2. The van der Waals surface area contributed by atoms with Crippen LogP contribution in [0, 0.1) is 28.6 Å². The van der Waals surface area contributed by atoms with Crippen molar-refractivity contribution >= 4 is 45.7 Å². The monoisotopic (exact) mass is 727 g/mol. The summed E-state index contributed by atoms with van der Waals surface area (Å²) in [6.45, 7) is 2.69. The number of nitrogen functional groups attached to an aromatic ring is 1. The molecule has 3 saturated carbocycles. The zero-order valence-electron chi connectivity index (χ0n) is 26.2. The van der Waals surface area contributed by atoms with Crippen molar-refractivity contribution in [2.24, 2.45) is 28.6 Å². The van der Waals surface area contributed by atoms with Crippen molar-refractivity contribution < 1.29 is 44.6 Å². The maximum Gasteiger partial charge on any atom is 0.302 e. The van der Waals surface area contributed by atoms with Gasteiger partial charge in [0.1, 0.15) is 12.3 Å². The van der Waals surface area contributed by atoms with Gasteiger partial charge in [-0.3, -0.25) is 14.4 Å².